The maximum atomic E-state index is 12.6. The van der Waals surface area contributed by atoms with E-state index in [0.717, 1.165) is 5.69 Å². The molecule has 0 atom stereocenters. The van der Waals surface area contributed by atoms with Crippen LogP contribution in [-0.2, 0) is 12.8 Å². The van der Waals surface area contributed by atoms with E-state index < -0.39 is 11.5 Å². The summed E-state index contributed by atoms with van der Waals surface area (Å²) in [6.07, 6.45) is 3.02. The van der Waals surface area contributed by atoms with Gasteiger partial charge in [0.25, 0.3) is 11.5 Å². The van der Waals surface area contributed by atoms with Gasteiger partial charge in [-0.1, -0.05) is 30.0 Å². The largest absolute Gasteiger partial charge is 0.495 e. The fourth-order valence-electron chi connectivity index (χ4n) is 2.38. The van der Waals surface area contributed by atoms with Crippen molar-refractivity contribution in [3.8, 4) is 5.75 Å². The van der Waals surface area contributed by atoms with Crippen molar-refractivity contribution in [2.45, 2.75) is 10.9 Å². The summed E-state index contributed by atoms with van der Waals surface area (Å²) in [7, 11) is 3.11. The Balaban J connectivity index is 1.78. The van der Waals surface area contributed by atoms with Crippen molar-refractivity contribution in [1.29, 1.82) is 0 Å². The van der Waals surface area contributed by atoms with Crippen molar-refractivity contribution in [3.05, 3.63) is 76.5 Å². The van der Waals surface area contributed by atoms with Gasteiger partial charge in [0.15, 0.2) is 5.16 Å². The van der Waals surface area contributed by atoms with Gasteiger partial charge in [-0.05, 0) is 24.3 Å². The number of amides is 1. The molecule has 0 unspecified atom stereocenters. The van der Waals surface area contributed by atoms with Crippen LogP contribution in [0.3, 0.4) is 0 Å². The molecule has 2 aromatic heterocycles. The molecule has 1 N–H and O–H groups in total. The smallest absolute Gasteiger partial charge is 0.266 e. The Kier molecular flexibility index (Phi) is 5.87. The molecule has 0 saturated carbocycles. The second kappa shape index (κ2) is 8.50. The van der Waals surface area contributed by atoms with Crippen molar-refractivity contribution < 1.29 is 9.53 Å². The number of anilines is 1. The Labute approximate surface area is 160 Å². The van der Waals surface area contributed by atoms with Crippen molar-refractivity contribution in [1.82, 2.24) is 14.5 Å². The quantitative estimate of drug-likeness (QED) is 0.521. The molecule has 0 aliphatic rings. The minimum Gasteiger partial charge on any atom is -0.495 e. The average molecular weight is 382 g/mol. The summed E-state index contributed by atoms with van der Waals surface area (Å²) in [5.41, 5.74) is 0.918. The summed E-state index contributed by atoms with van der Waals surface area (Å²) in [4.78, 5) is 33.6. The van der Waals surface area contributed by atoms with E-state index >= 15 is 0 Å². The number of benzene rings is 1. The number of nitrogens with one attached hydrogen (secondary N) is 1. The lowest BCUT2D eigenvalue weighted by Gasteiger charge is -2.11. The number of para-hydroxylation sites is 2. The maximum Gasteiger partial charge on any atom is 0.266 e. The summed E-state index contributed by atoms with van der Waals surface area (Å²) in [5, 5.41) is 3.20. The number of hydrogen-bond acceptors (Lipinski definition) is 6. The van der Waals surface area contributed by atoms with Gasteiger partial charge in [-0.2, -0.15) is 0 Å². The molecule has 0 fully saturated rings. The zero-order valence-corrected chi connectivity index (χ0v) is 15.7. The van der Waals surface area contributed by atoms with Gasteiger partial charge in [0.2, 0.25) is 0 Å². The van der Waals surface area contributed by atoms with E-state index in [4.69, 9.17) is 4.74 Å². The van der Waals surface area contributed by atoms with E-state index in [2.05, 4.69) is 15.3 Å². The van der Waals surface area contributed by atoms with Gasteiger partial charge in [-0.15, -0.1) is 0 Å². The van der Waals surface area contributed by atoms with Crippen LogP contribution in [0.4, 0.5) is 5.69 Å². The Hall–Kier alpha value is -3.13. The van der Waals surface area contributed by atoms with Gasteiger partial charge < -0.3 is 10.1 Å². The molecule has 0 aliphatic carbocycles. The Bertz CT molecular complexity index is 1010. The minimum absolute atomic E-state index is 0.0365. The van der Waals surface area contributed by atoms with Crippen molar-refractivity contribution in [2.24, 2.45) is 7.05 Å². The molecule has 0 radical (unpaired) electrons. The fraction of sp³-hybridized carbons (Fsp3) is 0.158. The maximum absolute atomic E-state index is 12.6. The summed E-state index contributed by atoms with van der Waals surface area (Å²) in [6, 6.07) is 12.6. The third kappa shape index (κ3) is 4.35. The third-order valence-corrected chi connectivity index (χ3v) is 4.88. The number of carbonyl (C=O) groups excluding carboxylic acids is 1. The van der Waals surface area contributed by atoms with Crippen LogP contribution in [0.1, 0.15) is 16.1 Å². The number of ether oxygens (including phenoxy) is 1. The van der Waals surface area contributed by atoms with E-state index in [0.29, 0.717) is 22.3 Å². The third-order valence-electron chi connectivity index (χ3n) is 3.80. The standard InChI is InChI=1S/C19H18N4O3S/c1-23-18(25)14(17(24)22-15-8-3-4-9-16(15)26-2)11-21-19(23)27-12-13-7-5-6-10-20-13/h3-11H,12H2,1-2H3,(H,22,24). The van der Waals surface area contributed by atoms with E-state index in [1.54, 1.807) is 37.5 Å². The summed E-state index contributed by atoms with van der Waals surface area (Å²) < 4.78 is 6.57. The average Bonchev–Trinajstić information content (AvgIpc) is 2.70. The van der Waals surface area contributed by atoms with Crippen molar-refractivity contribution in [3.63, 3.8) is 0 Å². The van der Waals surface area contributed by atoms with Crippen LogP contribution in [-0.4, -0.2) is 27.6 Å². The normalized spacial score (nSPS) is 10.4. The SMILES string of the molecule is COc1ccccc1NC(=O)c1cnc(SCc2ccccn2)n(C)c1=O. The first-order valence-corrected chi connectivity index (χ1v) is 9.12. The molecule has 2 heterocycles. The molecule has 1 aromatic carbocycles. The number of thioether (sulfide) groups is 1. The van der Waals surface area contributed by atoms with Crippen molar-refractivity contribution >= 4 is 23.4 Å². The zero-order chi connectivity index (χ0) is 19.2. The number of carbonyl (C=O) groups is 1. The fourth-order valence-corrected chi connectivity index (χ4v) is 3.23. The predicted molar refractivity (Wildman–Crippen MR) is 104 cm³/mol. The minimum atomic E-state index is -0.533. The topological polar surface area (TPSA) is 86.1 Å². The van der Waals surface area contributed by atoms with Crippen LogP contribution in [0.15, 0.2) is 64.8 Å². The Morgan fingerprint density at radius 2 is 1.96 bits per heavy atom. The number of aromatic nitrogens is 3. The van der Waals surface area contributed by atoms with E-state index in [1.807, 2.05) is 18.2 Å². The summed E-state index contributed by atoms with van der Waals surface area (Å²) >= 11 is 1.38. The molecule has 27 heavy (non-hydrogen) atoms. The zero-order valence-electron chi connectivity index (χ0n) is 14.9. The lowest BCUT2D eigenvalue weighted by molar-refractivity contribution is 0.102. The van der Waals surface area contributed by atoms with Crippen LogP contribution < -0.4 is 15.6 Å². The van der Waals surface area contributed by atoms with Gasteiger partial charge in [-0.25, -0.2) is 4.98 Å². The van der Waals surface area contributed by atoms with Crippen molar-refractivity contribution in [2.75, 3.05) is 12.4 Å². The van der Waals surface area contributed by atoms with Crippen LogP contribution in [0.5, 0.6) is 5.75 Å². The molecule has 0 saturated heterocycles. The lowest BCUT2D eigenvalue weighted by Crippen LogP contribution is -2.29. The molecule has 0 bridgehead atoms. The molecule has 7 nitrogen and oxygen atoms in total. The second-order valence-corrected chi connectivity index (χ2v) is 6.53. The van der Waals surface area contributed by atoms with Gasteiger partial charge >= 0.3 is 0 Å². The highest BCUT2D eigenvalue weighted by atomic mass is 32.2. The van der Waals surface area contributed by atoms with Crippen LogP contribution in [0, 0.1) is 0 Å². The second-order valence-electron chi connectivity index (χ2n) is 5.58. The number of methoxy groups -OCH3 is 1. The first-order chi connectivity index (χ1) is 13.1. The number of hydrogen-bond donors (Lipinski definition) is 1. The van der Waals surface area contributed by atoms with Crippen LogP contribution in [0.2, 0.25) is 0 Å². The van der Waals surface area contributed by atoms with Crippen LogP contribution in [0.25, 0.3) is 0 Å². The molecule has 138 valence electrons. The highest BCUT2D eigenvalue weighted by Gasteiger charge is 2.16. The number of rotatable bonds is 6. The highest BCUT2D eigenvalue weighted by molar-refractivity contribution is 7.98. The van der Waals surface area contributed by atoms with E-state index in [-0.39, 0.29) is 5.56 Å². The summed E-state index contributed by atoms with van der Waals surface area (Å²) in [6.45, 7) is 0. The van der Waals surface area contributed by atoms with Gasteiger partial charge in [0.05, 0.1) is 18.5 Å². The molecular formula is C19H18N4O3S. The number of nitrogens with zero attached hydrogens (tertiary/aromatic N) is 3. The van der Waals surface area contributed by atoms with Crippen LogP contribution >= 0.6 is 11.8 Å². The monoisotopic (exact) mass is 382 g/mol. The first kappa shape index (κ1) is 18.7. The van der Waals surface area contributed by atoms with Gasteiger partial charge in [0.1, 0.15) is 11.3 Å². The molecule has 1 amide bonds. The highest BCUT2D eigenvalue weighted by Crippen LogP contribution is 2.23. The molecule has 3 aromatic rings. The molecular weight excluding hydrogens is 364 g/mol. The Morgan fingerprint density at radius 3 is 2.70 bits per heavy atom. The summed E-state index contributed by atoms with van der Waals surface area (Å²) in [5.74, 6) is 0.556. The van der Waals surface area contributed by atoms with Gasteiger partial charge in [-0.3, -0.25) is 19.1 Å². The van der Waals surface area contributed by atoms with Gasteiger partial charge in [0, 0.05) is 25.2 Å². The lowest BCUT2D eigenvalue weighted by atomic mass is 10.2. The molecule has 3 rings (SSSR count). The number of pyridine rings is 1. The molecule has 8 heteroatoms. The molecule has 0 spiro atoms. The predicted octanol–water partition coefficient (Wildman–Crippen LogP) is 2.73. The van der Waals surface area contributed by atoms with E-state index in [9.17, 15) is 9.59 Å². The Morgan fingerprint density at radius 1 is 1.19 bits per heavy atom. The first-order valence-electron chi connectivity index (χ1n) is 8.13. The molecule has 0 aliphatic heterocycles. The van der Waals surface area contributed by atoms with E-state index in [1.165, 1.54) is 29.6 Å².